The fraction of sp³-hybridized carbons (Fsp3) is 0.211. The first-order valence-electron chi connectivity index (χ1n) is 8.11. The lowest BCUT2D eigenvalue weighted by molar-refractivity contribution is -0.115. The third-order valence-electron chi connectivity index (χ3n) is 3.83. The van der Waals surface area contributed by atoms with Gasteiger partial charge in [-0.2, -0.15) is 0 Å². The van der Waals surface area contributed by atoms with Crippen LogP contribution in [0.4, 0.5) is 6.01 Å². The molecule has 140 valence electrons. The van der Waals surface area contributed by atoms with Crippen molar-refractivity contribution in [2.45, 2.75) is 6.42 Å². The van der Waals surface area contributed by atoms with E-state index in [1.54, 1.807) is 44.6 Å². The Balaban J connectivity index is 1.69. The van der Waals surface area contributed by atoms with Gasteiger partial charge in [0.15, 0.2) is 0 Å². The fourth-order valence-corrected chi connectivity index (χ4v) is 2.45. The maximum absolute atomic E-state index is 12.2. The zero-order chi connectivity index (χ0) is 19.2. The van der Waals surface area contributed by atoms with Gasteiger partial charge in [0.2, 0.25) is 5.91 Å². The van der Waals surface area contributed by atoms with Gasteiger partial charge in [0, 0.05) is 6.07 Å². The first-order chi connectivity index (χ1) is 13.1. The predicted molar refractivity (Wildman–Crippen MR) is 98.2 cm³/mol. The van der Waals surface area contributed by atoms with E-state index in [2.05, 4.69) is 15.5 Å². The van der Waals surface area contributed by atoms with Crippen LogP contribution in [-0.4, -0.2) is 37.4 Å². The van der Waals surface area contributed by atoms with E-state index in [1.165, 1.54) is 7.11 Å². The van der Waals surface area contributed by atoms with Crippen molar-refractivity contribution in [2.24, 2.45) is 0 Å². The number of rotatable bonds is 7. The minimum absolute atomic E-state index is 0.0152. The Kier molecular flexibility index (Phi) is 5.55. The van der Waals surface area contributed by atoms with Crippen LogP contribution in [0.5, 0.6) is 17.2 Å². The van der Waals surface area contributed by atoms with Crippen LogP contribution < -0.4 is 19.5 Å². The van der Waals surface area contributed by atoms with Crippen molar-refractivity contribution >= 4 is 11.9 Å². The number of carbonyl (C=O) groups is 1. The monoisotopic (exact) mass is 369 g/mol. The van der Waals surface area contributed by atoms with Crippen LogP contribution in [0, 0.1) is 0 Å². The summed E-state index contributed by atoms with van der Waals surface area (Å²) in [4.78, 5) is 12.2. The van der Waals surface area contributed by atoms with Crippen molar-refractivity contribution in [2.75, 3.05) is 26.6 Å². The Bertz CT molecular complexity index is 921. The van der Waals surface area contributed by atoms with Gasteiger partial charge in [0.25, 0.3) is 5.89 Å². The number of anilines is 1. The van der Waals surface area contributed by atoms with E-state index in [0.717, 1.165) is 11.3 Å². The van der Waals surface area contributed by atoms with E-state index in [4.69, 9.17) is 18.6 Å². The summed E-state index contributed by atoms with van der Waals surface area (Å²) in [7, 11) is 4.69. The number of ether oxygens (including phenoxy) is 3. The highest BCUT2D eigenvalue weighted by atomic mass is 16.5. The number of nitrogens with zero attached hydrogens (tertiary/aromatic N) is 2. The first kappa shape index (κ1) is 18.2. The molecule has 0 saturated carbocycles. The van der Waals surface area contributed by atoms with E-state index in [-0.39, 0.29) is 24.2 Å². The molecule has 3 aromatic rings. The largest absolute Gasteiger partial charge is 0.497 e. The molecular formula is C19H19N3O5. The van der Waals surface area contributed by atoms with Gasteiger partial charge in [-0.15, -0.1) is 5.10 Å². The Labute approximate surface area is 156 Å². The summed E-state index contributed by atoms with van der Waals surface area (Å²) in [6.45, 7) is 0. The number of hydrogen-bond acceptors (Lipinski definition) is 7. The number of hydrogen-bond donors (Lipinski definition) is 1. The fourth-order valence-electron chi connectivity index (χ4n) is 2.45. The van der Waals surface area contributed by atoms with Gasteiger partial charge >= 0.3 is 6.01 Å². The molecule has 0 aliphatic rings. The Hall–Kier alpha value is -3.55. The van der Waals surface area contributed by atoms with Gasteiger partial charge in [-0.05, 0) is 29.8 Å². The van der Waals surface area contributed by atoms with E-state index in [1.807, 2.05) is 12.1 Å². The number of benzene rings is 2. The van der Waals surface area contributed by atoms with Crippen LogP contribution in [0.1, 0.15) is 5.56 Å². The number of amides is 1. The standard InChI is InChI=1S/C19H19N3O5/c1-24-13-6-4-12(5-7-13)10-17(23)20-19-22-21-18(27-19)15-9-8-14(25-2)11-16(15)26-3/h4-9,11H,10H2,1-3H3,(H,20,22,23). The van der Waals surface area contributed by atoms with Crippen molar-refractivity contribution in [3.05, 3.63) is 48.0 Å². The van der Waals surface area contributed by atoms with Crippen LogP contribution in [0.25, 0.3) is 11.5 Å². The maximum atomic E-state index is 12.2. The molecule has 0 fully saturated rings. The average Bonchev–Trinajstić information content (AvgIpc) is 3.16. The number of methoxy groups -OCH3 is 3. The average molecular weight is 369 g/mol. The molecule has 1 N–H and O–H groups in total. The second-order valence-corrected chi connectivity index (χ2v) is 5.55. The summed E-state index contributed by atoms with van der Waals surface area (Å²) in [6, 6.07) is 12.5. The lowest BCUT2D eigenvalue weighted by Crippen LogP contribution is -2.14. The lowest BCUT2D eigenvalue weighted by Gasteiger charge is -2.07. The van der Waals surface area contributed by atoms with Crippen LogP contribution in [-0.2, 0) is 11.2 Å². The molecule has 3 rings (SSSR count). The third-order valence-corrected chi connectivity index (χ3v) is 3.83. The quantitative estimate of drug-likeness (QED) is 0.684. The van der Waals surface area contributed by atoms with Crippen LogP contribution in [0.3, 0.4) is 0 Å². The molecule has 0 atom stereocenters. The summed E-state index contributed by atoms with van der Waals surface area (Å²) < 4.78 is 21.1. The minimum Gasteiger partial charge on any atom is -0.497 e. The van der Waals surface area contributed by atoms with E-state index in [0.29, 0.717) is 17.1 Å². The Morgan fingerprint density at radius 1 is 0.963 bits per heavy atom. The summed E-state index contributed by atoms with van der Waals surface area (Å²) in [5.74, 6) is 1.86. The van der Waals surface area contributed by atoms with Gasteiger partial charge in [0.05, 0.1) is 33.3 Å². The molecule has 1 amide bonds. The predicted octanol–water partition coefficient (Wildman–Crippen LogP) is 2.94. The van der Waals surface area contributed by atoms with E-state index in [9.17, 15) is 4.79 Å². The summed E-state index contributed by atoms with van der Waals surface area (Å²) >= 11 is 0. The highest BCUT2D eigenvalue weighted by Gasteiger charge is 2.16. The number of aromatic nitrogens is 2. The highest BCUT2D eigenvalue weighted by Crippen LogP contribution is 2.33. The number of carbonyl (C=O) groups excluding carboxylic acids is 1. The molecule has 0 spiro atoms. The summed E-state index contributed by atoms with van der Waals surface area (Å²) in [5, 5.41) is 10.4. The van der Waals surface area contributed by atoms with Crippen molar-refractivity contribution in [3.8, 4) is 28.7 Å². The zero-order valence-electron chi connectivity index (χ0n) is 15.2. The second kappa shape index (κ2) is 8.22. The van der Waals surface area contributed by atoms with Gasteiger partial charge in [0.1, 0.15) is 17.2 Å². The van der Waals surface area contributed by atoms with Gasteiger partial charge < -0.3 is 18.6 Å². The summed E-state index contributed by atoms with van der Waals surface area (Å²) in [5.41, 5.74) is 1.44. The van der Waals surface area contributed by atoms with E-state index < -0.39 is 0 Å². The van der Waals surface area contributed by atoms with Gasteiger partial charge in [-0.3, -0.25) is 10.1 Å². The molecule has 1 aromatic heterocycles. The maximum Gasteiger partial charge on any atom is 0.322 e. The molecule has 1 heterocycles. The smallest absolute Gasteiger partial charge is 0.322 e. The van der Waals surface area contributed by atoms with Crippen molar-refractivity contribution in [1.29, 1.82) is 0 Å². The molecule has 0 aliphatic heterocycles. The molecule has 8 heteroatoms. The van der Waals surface area contributed by atoms with Crippen molar-refractivity contribution in [1.82, 2.24) is 10.2 Å². The van der Waals surface area contributed by atoms with Gasteiger partial charge in [-0.1, -0.05) is 17.2 Å². The summed E-state index contributed by atoms with van der Waals surface area (Å²) in [6.07, 6.45) is 0.174. The number of nitrogens with one attached hydrogen (secondary N) is 1. The van der Waals surface area contributed by atoms with Crippen molar-refractivity contribution in [3.63, 3.8) is 0 Å². The molecule has 8 nitrogen and oxygen atoms in total. The van der Waals surface area contributed by atoms with Gasteiger partial charge in [-0.25, -0.2) is 0 Å². The molecular weight excluding hydrogens is 350 g/mol. The molecule has 0 unspecified atom stereocenters. The van der Waals surface area contributed by atoms with E-state index >= 15 is 0 Å². The molecule has 0 saturated heterocycles. The normalized spacial score (nSPS) is 10.3. The highest BCUT2D eigenvalue weighted by molar-refractivity contribution is 5.90. The van der Waals surface area contributed by atoms with Crippen LogP contribution in [0.15, 0.2) is 46.9 Å². The first-order valence-corrected chi connectivity index (χ1v) is 8.11. The van der Waals surface area contributed by atoms with Crippen molar-refractivity contribution < 1.29 is 23.4 Å². The topological polar surface area (TPSA) is 95.7 Å². The van der Waals surface area contributed by atoms with Crippen LogP contribution in [0.2, 0.25) is 0 Å². The molecule has 2 aromatic carbocycles. The minimum atomic E-state index is -0.267. The molecule has 27 heavy (non-hydrogen) atoms. The molecule has 0 radical (unpaired) electrons. The lowest BCUT2D eigenvalue weighted by atomic mass is 10.1. The Morgan fingerprint density at radius 2 is 1.67 bits per heavy atom. The SMILES string of the molecule is COc1ccc(CC(=O)Nc2nnc(-c3ccc(OC)cc3OC)o2)cc1. The van der Waals surface area contributed by atoms with Crippen LogP contribution >= 0.6 is 0 Å². The zero-order valence-corrected chi connectivity index (χ0v) is 15.2. The molecule has 0 aliphatic carbocycles. The Morgan fingerprint density at radius 3 is 2.33 bits per heavy atom. The second-order valence-electron chi connectivity index (χ2n) is 5.55. The third kappa shape index (κ3) is 4.35. The molecule has 0 bridgehead atoms.